The molecule has 4 rings (SSSR count). The van der Waals surface area contributed by atoms with Gasteiger partial charge in [0, 0.05) is 11.6 Å². The van der Waals surface area contributed by atoms with Crippen LogP contribution in [-0.2, 0) is 14.4 Å². The van der Waals surface area contributed by atoms with Crippen molar-refractivity contribution in [2.45, 2.75) is 19.1 Å². The first-order valence-electron chi connectivity index (χ1n) is 8.76. The molecule has 27 heavy (non-hydrogen) atoms. The second-order valence-electron chi connectivity index (χ2n) is 6.49. The predicted molar refractivity (Wildman–Crippen MR) is 100 cm³/mol. The highest BCUT2D eigenvalue weighted by Crippen LogP contribution is 2.46. The quantitative estimate of drug-likeness (QED) is 0.755. The molecule has 2 amide bonds. The van der Waals surface area contributed by atoms with Gasteiger partial charge in [-0.05, 0) is 48.9 Å². The van der Waals surface area contributed by atoms with Crippen molar-refractivity contribution in [2.24, 2.45) is 5.92 Å². The molecule has 3 unspecified atom stereocenters. The van der Waals surface area contributed by atoms with Crippen LogP contribution in [0.4, 0.5) is 5.69 Å². The highest BCUT2D eigenvalue weighted by Gasteiger charge is 2.59. The number of benzene rings is 2. The molecule has 7 heteroatoms. The van der Waals surface area contributed by atoms with Crippen molar-refractivity contribution in [1.82, 2.24) is 4.90 Å². The monoisotopic (exact) mass is 386 g/mol. The Balaban J connectivity index is 1.78. The number of anilines is 1. The van der Waals surface area contributed by atoms with Gasteiger partial charge in [0.25, 0.3) is 5.91 Å². The lowest BCUT2D eigenvalue weighted by Gasteiger charge is -2.28. The number of amides is 2. The maximum atomic E-state index is 12.9. The minimum Gasteiger partial charge on any atom is -0.497 e. The third-order valence-electron chi connectivity index (χ3n) is 5.06. The van der Waals surface area contributed by atoms with Crippen LogP contribution >= 0.6 is 11.6 Å². The van der Waals surface area contributed by atoms with E-state index < -0.39 is 18.1 Å². The third kappa shape index (κ3) is 2.85. The molecule has 3 atom stereocenters. The zero-order valence-corrected chi connectivity index (χ0v) is 15.7. The molecule has 0 aliphatic carbocycles. The van der Waals surface area contributed by atoms with Crippen molar-refractivity contribution in [3.8, 4) is 5.75 Å². The molecule has 6 nitrogen and oxygen atoms in total. The Morgan fingerprint density at radius 1 is 1.04 bits per heavy atom. The van der Waals surface area contributed by atoms with Crippen molar-refractivity contribution in [3.05, 3.63) is 59.1 Å². The van der Waals surface area contributed by atoms with Gasteiger partial charge >= 0.3 is 0 Å². The number of rotatable bonds is 4. The van der Waals surface area contributed by atoms with Crippen molar-refractivity contribution in [3.63, 3.8) is 0 Å². The number of fused-ring (bicyclic) bond motifs is 1. The molecule has 2 aliphatic rings. The Hall–Kier alpha value is -2.57. The largest absolute Gasteiger partial charge is 0.497 e. The first-order valence-corrected chi connectivity index (χ1v) is 9.13. The first-order chi connectivity index (χ1) is 13.0. The van der Waals surface area contributed by atoms with Crippen molar-refractivity contribution in [1.29, 1.82) is 0 Å². The van der Waals surface area contributed by atoms with Gasteiger partial charge in [-0.3, -0.25) is 19.3 Å². The molecule has 2 heterocycles. The lowest BCUT2D eigenvalue weighted by atomic mass is 9.90. The highest BCUT2D eigenvalue weighted by molar-refractivity contribution is 6.30. The summed E-state index contributed by atoms with van der Waals surface area (Å²) in [6, 6.07) is 14.2. The van der Waals surface area contributed by atoms with Gasteiger partial charge in [0.2, 0.25) is 5.91 Å². The van der Waals surface area contributed by atoms with Gasteiger partial charge in [-0.1, -0.05) is 23.7 Å². The van der Waals surface area contributed by atoms with Crippen LogP contribution in [0.25, 0.3) is 0 Å². The summed E-state index contributed by atoms with van der Waals surface area (Å²) in [6.07, 6.45) is -0.819. The Morgan fingerprint density at radius 2 is 1.70 bits per heavy atom. The van der Waals surface area contributed by atoms with Gasteiger partial charge in [0.15, 0.2) is 6.10 Å². The minimum absolute atomic E-state index is 0.204. The Kier molecular flexibility index (Phi) is 4.53. The summed E-state index contributed by atoms with van der Waals surface area (Å²) in [5.41, 5.74) is 1.61. The number of carbonyl (C=O) groups excluding carboxylic acids is 2. The lowest BCUT2D eigenvalue weighted by Crippen LogP contribution is -2.37. The summed E-state index contributed by atoms with van der Waals surface area (Å²) in [7, 11) is 1.60. The van der Waals surface area contributed by atoms with Crippen LogP contribution < -0.4 is 9.80 Å². The number of likely N-dealkylation sites (tertiary alicyclic amines) is 1. The number of hydroxylamine groups is 1. The number of carbonyl (C=O) groups is 2. The normalized spacial score (nSPS) is 24.5. The summed E-state index contributed by atoms with van der Waals surface area (Å²) in [5.74, 6) is -0.370. The predicted octanol–water partition coefficient (Wildman–Crippen LogP) is 3.22. The number of nitrogens with zero attached hydrogens (tertiary/aromatic N) is 2. The molecule has 2 aromatic rings. The van der Waals surface area contributed by atoms with Crippen LogP contribution in [0.2, 0.25) is 5.02 Å². The number of hydrogen-bond donors (Lipinski definition) is 0. The summed E-state index contributed by atoms with van der Waals surface area (Å²) in [4.78, 5) is 32.8. The number of methoxy groups -OCH3 is 1. The summed E-state index contributed by atoms with van der Waals surface area (Å²) in [5, 5.41) is 2.25. The van der Waals surface area contributed by atoms with E-state index in [1.807, 2.05) is 36.4 Å². The molecule has 0 radical (unpaired) electrons. The van der Waals surface area contributed by atoms with Gasteiger partial charge in [-0.2, -0.15) is 0 Å². The average molecular weight is 387 g/mol. The van der Waals surface area contributed by atoms with Gasteiger partial charge in [0.05, 0.1) is 18.8 Å². The van der Waals surface area contributed by atoms with Crippen LogP contribution in [0, 0.1) is 5.92 Å². The molecule has 0 spiro atoms. The Bertz CT molecular complexity index is 869. The molecule has 140 valence electrons. The van der Waals surface area contributed by atoms with Crippen LogP contribution in [0.1, 0.15) is 18.5 Å². The fourth-order valence-corrected chi connectivity index (χ4v) is 3.86. The molecular formula is C20H19ClN2O4. The minimum atomic E-state index is -0.819. The topological polar surface area (TPSA) is 59.1 Å². The van der Waals surface area contributed by atoms with E-state index in [2.05, 4.69) is 0 Å². The van der Waals surface area contributed by atoms with Crippen LogP contribution in [0.15, 0.2) is 48.5 Å². The average Bonchev–Trinajstić information content (AvgIpc) is 3.19. The van der Waals surface area contributed by atoms with E-state index in [0.29, 0.717) is 11.6 Å². The molecule has 2 aromatic carbocycles. The number of halogens is 1. The zero-order valence-electron chi connectivity index (χ0n) is 15.0. The Labute approximate surface area is 162 Å². The van der Waals surface area contributed by atoms with E-state index in [4.69, 9.17) is 21.2 Å². The number of imide groups is 1. The zero-order chi connectivity index (χ0) is 19.1. The molecule has 0 bridgehead atoms. The SMILES string of the molecule is CCN1C(=O)C2ON(c3ccc(Cl)cc3)C(c3ccc(OC)cc3)C2C1=O. The Morgan fingerprint density at radius 3 is 2.30 bits per heavy atom. The second kappa shape index (κ2) is 6.87. The maximum absolute atomic E-state index is 12.9. The van der Waals surface area contributed by atoms with E-state index in [-0.39, 0.29) is 11.8 Å². The number of likely N-dealkylation sites (N-methyl/N-ethyl adjacent to an activating group) is 1. The fourth-order valence-electron chi connectivity index (χ4n) is 3.74. The summed E-state index contributed by atoms with van der Waals surface area (Å²) in [6.45, 7) is 2.13. The first kappa shape index (κ1) is 17.8. The van der Waals surface area contributed by atoms with Gasteiger partial charge in [-0.15, -0.1) is 0 Å². The second-order valence-corrected chi connectivity index (χ2v) is 6.93. The van der Waals surface area contributed by atoms with E-state index >= 15 is 0 Å². The smallest absolute Gasteiger partial charge is 0.261 e. The van der Waals surface area contributed by atoms with Crippen molar-refractivity contribution >= 4 is 29.1 Å². The van der Waals surface area contributed by atoms with Crippen LogP contribution in [0.5, 0.6) is 5.75 Å². The lowest BCUT2D eigenvalue weighted by molar-refractivity contribution is -0.142. The van der Waals surface area contributed by atoms with E-state index in [1.165, 1.54) is 4.90 Å². The van der Waals surface area contributed by atoms with Crippen molar-refractivity contribution in [2.75, 3.05) is 18.7 Å². The number of hydrogen-bond acceptors (Lipinski definition) is 5. The maximum Gasteiger partial charge on any atom is 0.261 e. The molecule has 2 fully saturated rings. The van der Waals surface area contributed by atoms with Crippen LogP contribution in [-0.4, -0.2) is 36.5 Å². The van der Waals surface area contributed by atoms with E-state index in [9.17, 15) is 9.59 Å². The molecule has 2 aliphatic heterocycles. The molecule has 2 saturated heterocycles. The molecular weight excluding hydrogens is 368 g/mol. The van der Waals surface area contributed by atoms with Crippen molar-refractivity contribution < 1.29 is 19.2 Å². The molecule has 0 N–H and O–H groups in total. The van der Waals surface area contributed by atoms with Crippen LogP contribution in [0.3, 0.4) is 0 Å². The summed E-state index contributed by atoms with van der Waals surface area (Å²) < 4.78 is 5.23. The fraction of sp³-hybridized carbons (Fsp3) is 0.300. The standard InChI is InChI=1S/C20H19ClN2O4/c1-3-22-19(24)16-17(12-4-10-15(26-2)11-5-12)23(27-18(16)20(22)25)14-8-6-13(21)7-9-14/h4-11,16-18H,3H2,1-2H3. The highest BCUT2D eigenvalue weighted by atomic mass is 35.5. The molecule has 0 saturated carbocycles. The van der Waals surface area contributed by atoms with Gasteiger partial charge in [0.1, 0.15) is 11.7 Å². The summed E-state index contributed by atoms with van der Waals surface area (Å²) >= 11 is 6.00. The van der Waals surface area contributed by atoms with E-state index in [1.54, 1.807) is 31.2 Å². The van der Waals surface area contributed by atoms with Gasteiger partial charge in [-0.25, -0.2) is 5.06 Å². The van der Waals surface area contributed by atoms with Gasteiger partial charge < -0.3 is 4.74 Å². The number of ether oxygens (including phenoxy) is 1. The molecule has 0 aromatic heterocycles. The van der Waals surface area contributed by atoms with E-state index in [0.717, 1.165) is 17.0 Å². The third-order valence-corrected chi connectivity index (χ3v) is 5.31.